The summed E-state index contributed by atoms with van der Waals surface area (Å²) in [5, 5.41) is 0. The quantitative estimate of drug-likeness (QED) is 0.525. The largest absolute Gasteiger partial charge is 0.327 e. The Morgan fingerprint density at radius 1 is 1.60 bits per heavy atom. The predicted octanol–water partition coefficient (Wildman–Crippen LogP) is 0.627. The highest BCUT2D eigenvalue weighted by atomic mass is 14.7. The molecule has 10 heavy (non-hydrogen) atoms. The summed E-state index contributed by atoms with van der Waals surface area (Å²) in [6, 6.07) is 0.483. The third kappa shape index (κ3) is 1.58. The second-order valence-electron chi connectivity index (χ2n) is 3.11. The SMILES string of the molecule is CC(N)C1C=CCCC1N. The van der Waals surface area contributed by atoms with Gasteiger partial charge in [0.1, 0.15) is 0 Å². The van der Waals surface area contributed by atoms with Crippen LogP contribution in [0.5, 0.6) is 0 Å². The Morgan fingerprint density at radius 2 is 2.30 bits per heavy atom. The minimum absolute atomic E-state index is 0.201. The lowest BCUT2D eigenvalue weighted by molar-refractivity contribution is 0.403. The van der Waals surface area contributed by atoms with Gasteiger partial charge in [0.15, 0.2) is 0 Å². The Balaban J connectivity index is 2.55. The minimum atomic E-state index is 0.201. The molecule has 0 radical (unpaired) electrons. The zero-order valence-corrected chi connectivity index (χ0v) is 6.46. The van der Waals surface area contributed by atoms with Crippen LogP contribution in [0.25, 0.3) is 0 Å². The summed E-state index contributed by atoms with van der Waals surface area (Å²) in [4.78, 5) is 0. The third-order valence-electron chi connectivity index (χ3n) is 2.13. The highest BCUT2D eigenvalue weighted by Crippen LogP contribution is 2.17. The van der Waals surface area contributed by atoms with Gasteiger partial charge in [-0.1, -0.05) is 12.2 Å². The molecule has 1 aliphatic carbocycles. The lowest BCUT2D eigenvalue weighted by atomic mass is 9.86. The summed E-state index contributed by atoms with van der Waals surface area (Å²) >= 11 is 0. The molecule has 3 atom stereocenters. The van der Waals surface area contributed by atoms with Crippen LogP contribution in [-0.2, 0) is 0 Å². The van der Waals surface area contributed by atoms with Gasteiger partial charge in [0.25, 0.3) is 0 Å². The Morgan fingerprint density at radius 3 is 2.70 bits per heavy atom. The monoisotopic (exact) mass is 140 g/mol. The van der Waals surface area contributed by atoms with Crippen molar-refractivity contribution in [1.82, 2.24) is 0 Å². The first-order valence-electron chi connectivity index (χ1n) is 3.89. The molecule has 2 heteroatoms. The van der Waals surface area contributed by atoms with E-state index in [4.69, 9.17) is 11.5 Å². The Kier molecular flexibility index (Phi) is 2.46. The van der Waals surface area contributed by atoms with E-state index in [1.165, 1.54) is 0 Å². The standard InChI is InChI=1S/C8H16N2/c1-6(9)7-4-2-3-5-8(7)10/h2,4,6-8H,3,5,9-10H2,1H3. The molecule has 0 aromatic heterocycles. The average Bonchev–Trinajstić information content (AvgIpc) is 1.88. The van der Waals surface area contributed by atoms with Gasteiger partial charge in [-0.25, -0.2) is 0 Å². The van der Waals surface area contributed by atoms with E-state index in [1.807, 2.05) is 6.92 Å². The molecule has 0 saturated carbocycles. The van der Waals surface area contributed by atoms with Gasteiger partial charge in [-0.2, -0.15) is 0 Å². The fourth-order valence-electron chi connectivity index (χ4n) is 1.44. The first-order chi connectivity index (χ1) is 4.72. The molecule has 0 aromatic rings. The maximum atomic E-state index is 5.85. The summed E-state index contributed by atoms with van der Waals surface area (Å²) in [6.45, 7) is 2.01. The van der Waals surface area contributed by atoms with Crippen LogP contribution in [0.15, 0.2) is 12.2 Å². The van der Waals surface area contributed by atoms with Crippen molar-refractivity contribution in [3.63, 3.8) is 0 Å². The van der Waals surface area contributed by atoms with Crippen LogP contribution in [0.4, 0.5) is 0 Å². The van der Waals surface area contributed by atoms with Crippen LogP contribution in [0.1, 0.15) is 19.8 Å². The van der Waals surface area contributed by atoms with Crippen LogP contribution < -0.4 is 11.5 Å². The highest BCUT2D eigenvalue weighted by Gasteiger charge is 2.20. The molecule has 1 rings (SSSR count). The Hall–Kier alpha value is -0.340. The fraction of sp³-hybridized carbons (Fsp3) is 0.750. The summed E-state index contributed by atoms with van der Waals surface area (Å²) in [6.07, 6.45) is 6.53. The van der Waals surface area contributed by atoms with Gasteiger partial charge in [-0.05, 0) is 19.8 Å². The smallest absolute Gasteiger partial charge is 0.0120 e. The van der Waals surface area contributed by atoms with Gasteiger partial charge in [-0.3, -0.25) is 0 Å². The first kappa shape index (κ1) is 7.76. The van der Waals surface area contributed by atoms with Crippen molar-refractivity contribution in [3.05, 3.63) is 12.2 Å². The molecule has 58 valence electrons. The molecule has 0 saturated heterocycles. The predicted molar refractivity (Wildman–Crippen MR) is 43.5 cm³/mol. The van der Waals surface area contributed by atoms with E-state index in [1.54, 1.807) is 0 Å². The van der Waals surface area contributed by atoms with Gasteiger partial charge in [0.05, 0.1) is 0 Å². The van der Waals surface area contributed by atoms with Crippen LogP contribution in [0, 0.1) is 5.92 Å². The molecule has 0 heterocycles. The van der Waals surface area contributed by atoms with Crippen LogP contribution in [-0.4, -0.2) is 12.1 Å². The van der Waals surface area contributed by atoms with Crippen molar-refractivity contribution in [2.75, 3.05) is 0 Å². The van der Waals surface area contributed by atoms with E-state index >= 15 is 0 Å². The molecule has 0 bridgehead atoms. The molecular weight excluding hydrogens is 124 g/mol. The zero-order chi connectivity index (χ0) is 7.56. The number of hydrogen-bond acceptors (Lipinski definition) is 2. The van der Waals surface area contributed by atoms with Crippen molar-refractivity contribution in [3.8, 4) is 0 Å². The maximum Gasteiger partial charge on any atom is 0.0120 e. The Labute approximate surface area is 62.3 Å². The van der Waals surface area contributed by atoms with E-state index in [-0.39, 0.29) is 12.1 Å². The molecule has 4 N–H and O–H groups in total. The van der Waals surface area contributed by atoms with E-state index in [9.17, 15) is 0 Å². The normalized spacial score (nSPS) is 35.9. The number of allylic oxidation sites excluding steroid dienone is 1. The summed E-state index contributed by atoms with van der Waals surface area (Å²) < 4.78 is 0. The molecule has 1 aliphatic rings. The summed E-state index contributed by atoms with van der Waals surface area (Å²) in [5.74, 6) is 0.397. The number of nitrogens with two attached hydrogens (primary N) is 2. The molecule has 0 amide bonds. The lowest BCUT2D eigenvalue weighted by Crippen LogP contribution is -2.40. The average molecular weight is 140 g/mol. The van der Waals surface area contributed by atoms with E-state index < -0.39 is 0 Å². The molecule has 0 spiro atoms. The second kappa shape index (κ2) is 3.17. The van der Waals surface area contributed by atoms with Gasteiger partial charge in [-0.15, -0.1) is 0 Å². The zero-order valence-electron chi connectivity index (χ0n) is 6.46. The van der Waals surface area contributed by atoms with Crippen LogP contribution >= 0.6 is 0 Å². The van der Waals surface area contributed by atoms with Gasteiger partial charge in [0, 0.05) is 18.0 Å². The second-order valence-corrected chi connectivity index (χ2v) is 3.11. The molecule has 2 nitrogen and oxygen atoms in total. The van der Waals surface area contributed by atoms with Gasteiger partial charge >= 0.3 is 0 Å². The van der Waals surface area contributed by atoms with Crippen molar-refractivity contribution in [2.45, 2.75) is 31.8 Å². The van der Waals surface area contributed by atoms with Gasteiger partial charge < -0.3 is 11.5 Å². The molecule has 0 aromatic carbocycles. The minimum Gasteiger partial charge on any atom is -0.327 e. The van der Waals surface area contributed by atoms with E-state index in [0.29, 0.717) is 5.92 Å². The molecule has 0 fully saturated rings. The lowest BCUT2D eigenvalue weighted by Gasteiger charge is -2.26. The topological polar surface area (TPSA) is 52.0 Å². The summed E-state index contributed by atoms with van der Waals surface area (Å²) in [7, 11) is 0. The fourth-order valence-corrected chi connectivity index (χ4v) is 1.44. The molecule has 3 unspecified atom stereocenters. The van der Waals surface area contributed by atoms with Crippen LogP contribution in [0.3, 0.4) is 0 Å². The van der Waals surface area contributed by atoms with E-state index in [0.717, 1.165) is 12.8 Å². The molecular formula is C8H16N2. The third-order valence-corrected chi connectivity index (χ3v) is 2.13. The first-order valence-corrected chi connectivity index (χ1v) is 3.89. The number of rotatable bonds is 1. The number of hydrogen-bond donors (Lipinski definition) is 2. The highest BCUT2D eigenvalue weighted by molar-refractivity contribution is 5.01. The van der Waals surface area contributed by atoms with Crippen molar-refractivity contribution < 1.29 is 0 Å². The van der Waals surface area contributed by atoms with Crippen molar-refractivity contribution >= 4 is 0 Å². The summed E-state index contributed by atoms with van der Waals surface area (Å²) in [5.41, 5.74) is 11.6. The molecule has 0 aliphatic heterocycles. The Bertz CT molecular complexity index is 129. The van der Waals surface area contributed by atoms with Crippen LogP contribution in [0.2, 0.25) is 0 Å². The van der Waals surface area contributed by atoms with Gasteiger partial charge in [0.2, 0.25) is 0 Å². The maximum absolute atomic E-state index is 5.85. The van der Waals surface area contributed by atoms with Crippen molar-refractivity contribution in [1.29, 1.82) is 0 Å². The van der Waals surface area contributed by atoms with Crippen molar-refractivity contribution in [2.24, 2.45) is 17.4 Å². The van der Waals surface area contributed by atoms with E-state index in [2.05, 4.69) is 12.2 Å².